The molecule has 116 valence electrons. The number of benzene rings is 1. The lowest BCUT2D eigenvalue weighted by atomic mass is 10.1. The van der Waals surface area contributed by atoms with Crippen molar-refractivity contribution in [3.8, 4) is 5.19 Å². The molecule has 1 aliphatic rings. The lowest BCUT2D eigenvalue weighted by Crippen LogP contribution is -2.30. The minimum Gasteiger partial charge on any atom is -0.465 e. The Labute approximate surface area is 136 Å². The second-order valence-electron chi connectivity index (χ2n) is 5.34. The van der Waals surface area contributed by atoms with Gasteiger partial charge in [0.1, 0.15) is 6.10 Å². The number of ether oxygens (including phenoxy) is 1. The fraction of sp³-hybridized carbons (Fsp3) is 0.250. The van der Waals surface area contributed by atoms with Crippen LogP contribution in [0.1, 0.15) is 16.8 Å². The van der Waals surface area contributed by atoms with Crippen LogP contribution in [-0.4, -0.2) is 45.0 Å². The van der Waals surface area contributed by atoms with Crippen LogP contribution in [0, 0.1) is 0 Å². The Kier molecular flexibility index (Phi) is 3.63. The van der Waals surface area contributed by atoms with Gasteiger partial charge in [0.05, 0.1) is 17.6 Å². The molecule has 4 rings (SSSR count). The molecule has 0 aliphatic carbocycles. The lowest BCUT2D eigenvalue weighted by molar-refractivity contribution is 0.0772. The molecule has 2 aromatic heterocycles. The number of carbonyl (C=O) groups is 1. The van der Waals surface area contributed by atoms with Crippen molar-refractivity contribution in [1.82, 2.24) is 19.9 Å². The number of rotatable bonds is 3. The molecule has 1 fully saturated rings. The van der Waals surface area contributed by atoms with E-state index in [1.807, 2.05) is 16.3 Å². The molecule has 6 nitrogen and oxygen atoms in total. The monoisotopic (exact) mass is 326 g/mol. The van der Waals surface area contributed by atoms with Crippen molar-refractivity contribution in [2.24, 2.45) is 0 Å². The van der Waals surface area contributed by atoms with E-state index < -0.39 is 0 Å². The van der Waals surface area contributed by atoms with Crippen LogP contribution in [0.5, 0.6) is 5.19 Å². The molecular formula is C16H14N4O2S. The van der Waals surface area contributed by atoms with Gasteiger partial charge in [0, 0.05) is 42.5 Å². The Hall–Kier alpha value is -2.54. The van der Waals surface area contributed by atoms with Crippen molar-refractivity contribution in [2.75, 3.05) is 13.1 Å². The van der Waals surface area contributed by atoms with Crippen molar-refractivity contribution in [3.05, 3.63) is 47.7 Å². The minimum absolute atomic E-state index is 0.00259. The molecule has 23 heavy (non-hydrogen) atoms. The van der Waals surface area contributed by atoms with Gasteiger partial charge in [0.15, 0.2) is 0 Å². The molecule has 1 atom stereocenters. The van der Waals surface area contributed by atoms with Gasteiger partial charge < -0.3 is 9.64 Å². The van der Waals surface area contributed by atoms with Crippen molar-refractivity contribution in [1.29, 1.82) is 0 Å². The Morgan fingerprint density at radius 3 is 2.87 bits per heavy atom. The van der Waals surface area contributed by atoms with Crippen LogP contribution in [0.2, 0.25) is 0 Å². The van der Waals surface area contributed by atoms with Crippen LogP contribution in [-0.2, 0) is 0 Å². The van der Waals surface area contributed by atoms with Gasteiger partial charge in [0.25, 0.3) is 11.1 Å². The first kappa shape index (κ1) is 14.1. The third kappa shape index (κ3) is 2.87. The number of fused-ring (bicyclic) bond motifs is 1. The van der Waals surface area contributed by atoms with Crippen molar-refractivity contribution < 1.29 is 9.53 Å². The van der Waals surface area contributed by atoms with Gasteiger partial charge in [-0.15, -0.1) is 0 Å². The molecule has 1 saturated heterocycles. The Morgan fingerprint density at radius 2 is 2.04 bits per heavy atom. The first-order valence-corrected chi connectivity index (χ1v) is 8.24. The number of likely N-dealkylation sites (tertiary alicyclic amines) is 1. The first-order valence-electron chi connectivity index (χ1n) is 7.36. The Morgan fingerprint density at radius 1 is 1.17 bits per heavy atom. The van der Waals surface area contributed by atoms with Gasteiger partial charge in [0.2, 0.25) is 0 Å². The fourth-order valence-electron chi connectivity index (χ4n) is 2.70. The predicted molar refractivity (Wildman–Crippen MR) is 86.6 cm³/mol. The number of aromatic nitrogens is 3. The van der Waals surface area contributed by atoms with E-state index in [1.165, 1.54) is 11.3 Å². The summed E-state index contributed by atoms with van der Waals surface area (Å²) in [6, 6.07) is 5.42. The summed E-state index contributed by atoms with van der Waals surface area (Å²) in [6.07, 6.45) is 5.81. The summed E-state index contributed by atoms with van der Waals surface area (Å²) in [5, 5.41) is 2.54. The van der Waals surface area contributed by atoms with Crippen LogP contribution >= 0.6 is 11.3 Å². The molecule has 0 unspecified atom stereocenters. The molecule has 0 radical (unpaired) electrons. The highest BCUT2D eigenvalue weighted by atomic mass is 32.1. The zero-order valence-corrected chi connectivity index (χ0v) is 13.1. The molecular weight excluding hydrogens is 312 g/mol. The molecule has 1 aromatic carbocycles. The Bertz CT molecular complexity index is 837. The summed E-state index contributed by atoms with van der Waals surface area (Å²) < 4.78 is 5.79. The van der Waals surface area contributed by atoms with E-state index in [4.69, 9.17) is 4.74 Å². The smallest absolute Gasteiger partial charge is 0.273 e. The van der Waals surface area contributed by atoms with E-state index >= 15 is 0 Å². The van der Waals surface area contributed by atoms with Crippen LogP contribution in [0.15, 0.2) is 42.2 Å². The molecule has 0 saturated carbocycles. The van der Waals surface area contributed by atoms with Crippen LogP contribution < -0.4 is 4.74 Å². The van der Waals surface area contributed by atoms with Gasteiger partial charge in [-0.1, -0.05) is 11.3 Å². The number of hydrogen-bond donors (Lipinski definition) is 0. The maximum Gasteiger partial charge on any atom is 0.273 e. The minimum atomic E-state index is 0.00259. The number of thiazole rings is 1. The third-order valence-corrected chi connectivity index (χ3v) is 4.49. The Balaban J connectivity index is 1.48. The molecule has 3 aromatic rings. The van der Waals surface area contributed by atoms with E-state index in [-0.39, 0.29) is 12.0 Å². The van der Waals surface area contributed by atoms with Crippen LogP contribution in [0.3, 0.4) is 0 Å². The van der Waals surface area contributed by atoms with Crippen molar-refractivity contribution in [2.45, 2.75) is 12.5 Å². The molecule has 1 amide bonds. The third-order valence-electron chi connectivity index (χ3n) is 3.83. The van der Waals surface area contributed by atoms with Gasteiger partial charge in [-0.25, -0.2) is 4.98 Å². The summed E-state index contributed by atoms with van der Waals surface area (Å²) >= 11 is 1.47. The normalized spacial score (nSPS) is 17.6. The highest BCUT2D eigenvalue weighted by molar-refractivity contribution is 7.11. The highest BCUT2D eigenvalue weighted by Crippen LogP contribution is 2.22. The first-order chi connectivity index (χ1) is 11.3. The number of hydrogen-bond acceptors (Lipinski definition) is 6. The van der Waals surface area contributed by atoms with Crippen LogP contribution in [0.25, 0.3) is 11.0 Å². The van der Waals surface area contributed by atoms with E-state index in [9.17, 15) is 4.79 Å². The van der Waals surface area contributed by atoms with E-state index in [0.717, 1.165) is 17.5 Å². The molecule has 3 heterocycles. The topological polar surface area (TPSA) is 68.2 Å². The maximum atomic E-state index is 12.6. The summed E-state index contributed by atoms with van der Waals surface area (Å²) in [6.45, 7) is 1.27. The van der Waals surface area contributed by atoms with E-state index in [0.29, 0.717) is 23.8 Å². The van der Waals surface area contributed by atoms with Gasteiger partial charge in [-0.3, -0.25) is 14.8 Å². The second kappa shape index (κ2) is 5.92. The fourth-order valence-corrected chi connectivity index (χ4v) is 3.25. The lowest BCUT2D eigenvalue weighted by Gasteiger charge is -2.16. The SMILES string of the molecule is O=C(c1ccc2nccnc2c1)N1CC[C@@H](Oc2nccs2)C1. The van der Waals surface area contributed by atoms with Gasteiger partial charge >= 0.3 is 0 Å². The van der Waals surface area contributed by atoms with E-state index in [1.54, 1.807) is 30.7 Å². The number of carbonyl (C=O) groups excluding carboxylic acids is 1. The molecule has 7 heteroatoms. The average molecular weight is 326 g/mol. The van der Waals surface area contributed by atoms with Gasteiger partial charge in [-0.05, 0) is 18.2 Å². The van der Waals surface area contributed by atoms with Crippen LogP contribution in [0.4, 0.5) is 0 Å². The maximum absolute atomic E-state index is 12.6. The highest BCUT2D eigenvalue weighted by Gasteiger charge is 2.28. The molecule has 0 N–H and O–H groups in total. The number of nitrogens with zero attached hydrogens (tertiary/aromatic N) is 4. The predicted octanol–water partition coefficient (Wildman–Crippen LogP) is 2.38. The van der Waals surface area contributed by atoms with Crippen molar-refractivity contribution >= 4 is 28.3 Å². The number of amides is 1. The van der Waals surface area contributed by atoms with E-state index in [2.05, 4.69) is 15.0 Å². The molecule has 0 bridgehead atoms. The standard InChI is InChI=1S/C16H14N4O2S/c21-15(11-1-2-13-14(9-11)18-5-4-17-13)20-7-3-12(10-20)22-16-19-6-8-23-16/h1-2,4-6,8-9,12H,3,7,10H2/t12-/m1/s1. The zero-order chi connectivity index (χ0) is 15.6. The van der Waals surface area contributed by atoms with Crippen molar-refractivity contribution in [3.63, 3.8) is 0 Å². The summed E-state index contributed by atoms with van der Waals surface area (Å²) in [7, 11) is 0. The second-order valence-corrected chi connectivity index (χ2v) is 6.19. The summed E-state index contributed by atoms with van der Waals surface area (Å²) in [4.78, 5) is 27.1. The van der Waals surface area contributed by atoms with Gasteiger partial charge in [-0.2, -0.15) is 0 Å². The summed E-state index contributed by atoms with van der Waals surface area (Å²) in [5.41, 5.74) is 2.15. The average Bonchev–Trinajstić information content (AvgIpc) is 3.26. The zero-order valence-electron chi connectivity index (χ0n) is 12.3. The summed E-state index contributed by atoms with van der Waals surface area (Å²) in [5.74, 6) is 0.00259. The molecule has 0 spiro atoms. The quantitative estimate of drug-likeness (QED) is 0.739. The molecule has 1 aliphatic heterocycles. The largest absolute Gasteiger partial charge is 0.465 e.